The molecule has 3 nitrogen and oxygen atoms in total. The quantitative estimate of drug-likeness (QED) is 0.876. The summed E-state index contributed by atoms with van der Waals surface area (Å²) < 4.78 is 5.69. The summed E-state index contributed by atoms with van der Waals surface area (Å²) in [4.78, 5) is 5.95. The van der Waals surface area contributed by atoms with E-state index in [-0.39, 0.29) is 0 Å². The van der Waals surface area contributed by atoms with E-state index < -0.39 is 0 Å². The van der Waals surface area contributed by atoms with E-state index in [1.54, 1.807) is 0 Å². The molecule has 0 radical (unpaired) electrons. The molecule has 2 unspecified atom stereocenters. The molecule has 0 bridgehead atoms. The number of aryl methyl sites for hydroxylation is 2. The van der Waals surface area contributed by atoms with Crippen molar-refractivity contribution in [1.82, 2.24) is 10.3 Å². The molecule has 0 amide bonds. The van der Waals surface area contributed by atoms with Crippen LogP contribution in [-0.2, 0) is 11.2 Å². The minimum absolute atomic E-state index is 0.453. The highest BCUT2D eigenvalue weighted by Crippen LogP contribution is 2.21. The molecule has 1 fully saturated rings. The lowest BCUT2D eigenvalue weighted by molar-refractivity contribution is 0.0954. The van der Waals surface area contributed by atoms with Crippen LogP contribution in [0.3, 0.4) is 0 Å². The van der Waals surface area contributed by atoms with Crippen LogP contribution >= 0.6 is 11.3 Å². The summed E-state index contributed by atoms with van der Waals surface area (Å²) in [5.74, 6) is 0. The lowest BCUT2D eigenvalue weighted by Crippen LogP contribution is -2.31. The number of aromatic nitrogens is 1. The molecule has 2 heterocycles. The van der Waals surface area contributed by atoms with Gasteiger partial charge in [-0.25, -0.2) is 4.98 Å². The largest absolute Gasteiger partial charge is 0.378 e. The Morgan fingerprint density at radius 3 is 2.88 bits per heavy atom. The Bertz CT molecular complexity index is 339. The second-order valence-electron chi connectivity index (χ2n) is 4.81. The summed E-state index contributed by atoms with van der Waals surface area (Å²) in [5, 5.41) is 4.64. The summed E-state index contributed by atoms with van der Waals surface area (Å²) in [6.07, 6.45) is 5.02. The number of thiazole rings is 1. The first-order valence-electron chi connectivity index (χ1n) is 6.41. The van der Waals surface area contributed by atoms with Crippen LogP contribution in [0.4, 0.5) is 0 Å². The second-order valence-corrected chi connectivity index (χ2v) is 6.10. The van der Waals surface area contributed by atoms with Crippen molar-refractivity contribution in [3.05, 3.63) is 15.6 Å². The first kappa shape index (κ1) is 13.0. The summed E-state index contributed by atoms with van der Waals surface area (Å²) in [5.41, 5.74) is 1.18. The molecular formula is C13H22N2OS. The minimum atomic E-state index is 0.453. The third-order valence-electron chi connectivity index (χ3n) is 3.47. The molecule has 1 aromatic rings. The van der Waals surface area contributed by atoms with Crippen LogP contribution in [0.1, 0.15) is 34.8 Å². The number of nitrogens with zero attached hydrogens (tertiary/aromatic N) is 1. The zero-order valence-electron chi connectivity index (χ0n) is 11.0. The van der Waals surface area contributed by atoms with Crippen LogP contribution in [0.2, 0.25) is 0 Å². The van der Waals surface area contributed by atoms with E-state index in [4.69, 9.17) is 4.74 Å². The fourth-order valence-corrected chi connectivity index (χ4v) is 3.30. The molecule has 1 aromatic heterocycles. The molecule has 96 valence electrons. The average Bonchev–Trinajstić information content (AvgIpc) is 2.89. The van der Waals surface area contributed by atoms with Crippen LogP contribution < -0.4 is 5.32 Å². The van der Waals surface area contributed by atoms with Crippen LogP contribution in [0, 0.1) is 13.8 Å². The van der Waals surface area contributed by atoms with Crippen LogP contribution in [0.5, 0.6) is 0 Å². The van der Waals surface area contributed by atoms with Gasteiger partial charge in [0.15, 0.2) is 0 Å². The predicted octanol–water partition coefficient (Wildman–Crippen LogP) is 2.46. The van der Waals surface area contributed by atoms with Crippen molar-refractivity contribution in [2.24, 2.45) is 0 Å². The Kier molecular flexibility index (Phi) is 4.54. The highest BCUT2D eigenvalue weighted by Gasteiger charge is 2.21. The first-order chi connectivity index (χ1) is 8.19. The molecule has 0 spiro atoms. The van der Waals surface area contributed by atoms with Crippen LogP contribution in [-0.4, -0.2) is 30.8 Å². The van der Waals surface area contributed by atoms with E-state index in [9.17, 15) is 0 Å². The molecule has 17 heavy (non-hydrogen) atoms. The Morgan fingerprint density at radius 1 is 1.53 bits per heavy atom. The Hall–Kier alpha value is -0.450. The summed E-state index contributed by atoms with van der Waals surface area (Å²) >= 11 is 1.82. The summed E-state index contributed by atoms with van der Waals surface area (Å²) in [6.45, 7) is 5.17. The van der Waals surface area contributed by atoms with Crippen LogP contribution in [0.25, 0.3) is 0 Å². The number of hydrogen-bond donors (Lipinski definition) is 1. The van der Waals surface area contributed by atoms with Crippen molar-refractivity contribution in [2.45, 2.75) is 51.7 Å². The number of hydrogen-bond acceptors (Lipinski definition) is 4. The Labute approximate surface area is 108 Å². The molecule has 1 aliphatic heterocycles. The lowest BCUT2D eigenvalue weighted by atomic mass is 10.0. The van der Waals surface area contributed by atoms with E-state index in [2.05, 4.69) is 24.1 Å². The standard InChI is InChI=1S/C13H22N2OS/c1-9-10(2)17-13(15-9)8-11(14-3)7-12-5-4-6-16-12/h11-12,14H,4-8H2,1-3H3. The van der Waals surface area contributed by atoms with Crippen LogP contribution in [0.15, 0.2) is 0 Å². The molecule has 0 aromatic carbocycles. The molecular weight excluding hydrogens is 232 g/mol. The van der Waals surface area contributed by atoms with E-state index in [1.165, 1.54) is 28.4 Å². The van der Waals surface area contributed by atoms with Gasteiger partial charge in [-0.15, -0.1) is 11.3 Å². The lowest BCUT2D eigenvalue weighted by Gasteiger charge is -2.18. The summed E-state index contributed by atoms with van der Waals surface area (Å²) in [7, 11) is 2.03. The first-order valence-corrected chi connectivity index (χ1v) is 7.22. The third-order valence-corrected chi connectivity index (χ3v) is 4.57. The van der Waals surface area contributed by atoms with Gasteiger partial charge in [0.2, 0.25) is 0 Å². The number of likely N-dealkylation sites (N-methyl/N-ethyl adjacent to an activating group) is 1. The van der Waals surface area contributed by atoms with Gasteiger partial charge in [0.05, 0.1) is 16.8 Å². The topological polar surface area (TPSA) is 34.2 Å². The van der Waals surface area contributed by atoms with E-state index in [0.29, 0.717) is 12.1 Å². The third kappa shape index (κ3) is 3.50. The average molecular weight is 254 g/mol. The molecule has 2 atom stereocenters. The molecule has 1 N–H and O–H groups in total. The van der Waals surface area contributed by atoms with Gasteiger partial charge < -0.3 is 10.1 Å². The smallest absolute Gasteiger partial charge is 0.0946 e. The normalized spacial score (nSPS) is 21.9. The monoisotopic (exact) mass is 254 g/mol. The van der Waals surface area contributed by atoms with Gasteiger partial charge in [0.25, 0.3) is 0 Å². The molecule has 2 rings (SSSR count). The maximum Gasteiger partial charge on any atom is 0.0946 e. The number of ether oxygens (including phenoxy) is 1. The highest BCUT2D eigenvalue weighted by atomic mass is 32.1. The van der Waals surface area contributed by atoms with Crippen molar-refractivity contribution >= 4 is 11.3 Å². The zero-order chi connectivity index (χ0) is 12.3. The molecule has 0 aliphatic carbocycles. The predicted molar refractivity (Wildman–Crippen MR) is 71.7 cm³/mol. The Balaban J connectivity index is 1.89. The van der Waals surface area contributed by atoms with Gasteiger partial charge in [-0.1, -0.05) is 0 Å². The molecule has 4 heteroatoms. The van der Waals surface area contributed by atoms with Gasteiger partial charge in [0.1, 0.15) is 0 Å². The van der Waals surface area contributed by atoms with E-state index >= 15 is 0 Å². The van der Waals surface area contributed by atoms with Crippen molar-refractivity contribution in [3.63, 3.8) is 0 Å². The van der Waals surface area contributed by atoms with Crippen molar-refractivity contribution in [3.8, 4) is 0 Å². The Morgan fingerprint density at radius 2 is 2.35 bits per heavy atom. The second kappa shape index (κ2) is 5.94. The number of nitrogens with one attached hydrogen (secondary N) is 1. The van der Waals surface area contributed by atoms with Gasteiger partial charge in [-0.2, -0.15) is 0 Å². The maximum absolute atomic E-state index is 5.69. The van der Waals surface area contributed by atoms with Crippen molar-refractivity contribution < 1.29 is 4.74 Å². The van der Waals surface area contributed by atoms with Crippen molar-refractivity contribution in [1.29, 1.82) is 0 Å². The van der Waals surface area contributed by atoms with Gasteiger partial charge in [-0.05, 0) is 40.2 Å². The van der Waals surface area contributed by atoms with E-state index in [0.717, 1.165) is 19.4 Å². The maximum atomic E-state index is 5.69. The highest BCUT2D eigenvalue weighted by molar-refractivity contribution is 7.11. The molecule has 1 aliphatic rings. The van der Waals surface area contributed by atoms with Gasteiger partial charge in [0, 0.05) is 23.9 Å². The van der Waals surface area contributed by atoms with Crippen molar-refractivity contribution in [2.75, 3.05) is 13.7 Å². The van der Waals surface area contributed by atoms with E-state index in [1.807, 2.05) is 18.4 Å². The fraction of sp³-hybridized carbons (Fsp3) is 0.769. The fourth-order valence-electron chi connectivity index (χ4n) is 2.29. The SMILES string of the molecule is CNC(Cc1nc(C)c(C)s1)CC1CCCO1. The molecule has 1 saturated heterocycles. The molecule has 0 saturated carbocycles. The number of rotatable bonds is 5. The summed E-state index contributed by atoms with van der Waals surface area (Å²) in [6, 6.07) is 0.489. The van der Waals surface area contributed by atoms with Gasteiger partial charge in [-0.3, -0.25) is 0 Å². The van der Waals surface area contributed by atoms with Gasteiger partial charge >= 0.3 is 0 Å². The minimum Gasteiger partial charge on any atom is -0.378 e. The zero-order valence-corrected chi connectivity index (χ0v) is 11.8.